The molecule has 0 unspecified atom stereocenters. The largest absolute Gasteiger partial charge is 0.348 e. The Morgan fingerprint density at radius 3 is 2.65 bits per heavy atom. The van der Waals surface area contributed by atoms with Crippen LogP contribution in [0.4, 0.5) is 5.69 Å². The molecule has 0 amide bonds. The predicted octanol–water partition coefficient (Wildman–Crippen LogP) is 3.10. The number of hydrogen-bond acceptors (Lipinski definition) is 2. The molecule has 17 heavy (non-hydrogen) atoms. The highest BCUT2D eigenvalue weighted by Crippen LogP contribution is 2.30. The Morgan fingerprint density at radius 2 is 2.06 bits per heavy atom. The van der Waals surface area contributed by atoms with Crippen LogP contribution in [0.15, 0.2) is 28.8 Å². The van der Waals surface area contributed by atoms with Gasteiger partial charge in [-0.15, -0.1) is 0 Å². The van der Waals surface area contributed by atoms with E-state index in [1.54, 1.807) is 12.5 Å². The van der Waals surface area contributed by atoms with Crippen molar-refractivity contribution in [1.82, 2.24) is 4.57 Å². The normalized spacial score (nSPS) is 12.0. The number of hydrogen-bond donors (Lipinski definition) is 0. The minimum Gasteiger partial charge on any atom is -0.348 e. The second-order valence-corrected chi connectivity index (χ2v) is 7.11. The lowest BCUT2D eigenvalue weighted by Crippen LogP contribution is -1.91. The molecule has 0 atom stereocenters. The third kappa shape index (κ3) is 2.36. The Morgan fingerprint density at radius 1 is 1.35 bits per heavy atom. The van der Waals surface area contributed by atoms with Gasteiger partial charge in [-0.25, -0.2) is 4.21 Å². The van der Waals surface area contributed by atoms with Gasteiger partial charge in [0.2, 0.25) is 0 Å². The lowest BCUT2D eigenvalue weighted by molar-refractivity contribution is 0.684. The van der Waals surface area contributed by atoms with Crippen LogP contribution in [0.2, 0.25) is 0 Å². The summed E-state index contributed by atoms with van der Waals surface area (Å²) in [6, 6.07) is 6.00. The molecule has 0 aliphatic carbocycles. The first-order valence-electron chi connectivity index (χ1n) is 5.66. The Labute approximate surface area is 103 Å². The molecule has 2 aromatic rings. The van der Waals surface area contributed by atoms with Crippen LogP contribution >= 0.6 is 0 Å². The van der Waals surface area contributed by atoms with Gasteiger partial charge >= 0.3 is 0 Å². The zero-order valence-corrected chi connectivity index (χ0v) is 11.5. The molecule has 0 radical (unpaired) electrons. The van der Waals surface area contributed by atoms with Crippen molar-refractivity contribution in [1.29, 1.82) is 0 Å². The zero-order chi connectivity index (χ0) is 12.6. The number of nitrogens with zero attached hydrogens (tertiary/aromatic N) is 2. The SMILES string of the molecule is CCc1cn(C)c2c(N=S(C)(C)=O)cccc12. The molecule has 0 spiro atoms. The van der Waals surface area contributed by atoms with E-state index >= 15 is 0 Å². The van der Waals surface area contributed by atoms with Gasteiger partial charge in [-0.1, -0.05) is 19.1 Å². The van der Waals surface area contributed by atoms with Crippen molar-refractivity contribution in [2.24, 2.45) is 11.4 Å². The molecule has 92 valence electrons. The van der Waals surface area contributed by atoms with Crippen molar-refractivity contribution in [2.45, 2.75) is 13.3 Å². The summed E-state index contributed by atoms with van der Waals surface area (Å²) >= 11 is 0. The molecule has 0 aliphatic heterocycles. The zero-order valence-electron chi connectivity index (χ0n) is 10.7. The van der Waals surface area contributed by atoms with E-state index in [0.717, 1.165) is 17.6 Å². The van der Waals surface area contributed by atoms with E-state index in [1.165, 1.54) is 10.9 Å². The third-order valence-electron chi connectivity index (χ3n) is 2.76. The summed E-state index contributed by atoms with van der Waals surface area (Å²) in [6.45, 7) is 2.14. The van der Waals surface area contributed by atoms with E-state index in [1.807, 2.05) is 19.2 Å². The smallest absolute Gasteiger partial charge is 0.0972 e. The van der Waals surface area contributed by atoms with Gasteiger partial charge in [0.25, 0.3) is 0 Å². The maximum atomic E-state index is 11.8. The van der Waals surface area contributed by atoms with E-state index in [9.17, 15) is 4.21 Å². The van der Waals surface area contributed by atoms with Crippen LogP contribution in [-0.2, 0) is 23.2 Å². The Hall–Kier alpha value is -1.29. The standard InChI is InChI=1S/C13H18N2OS/c1-5-10-9-15(2)13-11(10)7-6-8-12(13)14-17(3,4)16/h6-9H,5H2,1-4H3. The molecule has 0 saturated carbocycles. The fourth-order valence-electron chi connectivity index (χ4n) is 2.12. The highest BCUT2D eigenvalue weighted by molar-refractivity contribution is 7.92. The maximum Gasteiger partial charge on any atom is 0.0972 e. The molecule has 0 bridgehead atoms. The average molecular weight is 250 g/mol. The van der Waals surface area contributed by atoms with Gasteiger partial charge in [0.15, 0.2) is 0 Å². The lowest BCUT2D eigenvalue weighted by Gasteiger charge is -2.02. The monoisotopic (exact) mass is 250 g/mol. The van der Waals surface area contributed by atoms with Crippen molar-refractivity contribution in [3.05, 3.63) is 30.0 Å². The fraction of sp³-hybridized carbons (Fsp3) is 0.385. The van der Waals surface area contributed by atoms with E-state index in [2.05, 4.69) is 28.1 Å². The summed E-state index contributed by atoms with van der Waals surface area (Å²) in [4.78, 5) is 0. The van der Waals surface area contributed by atoms with Crippen LogP contribution in [0, 0.1) is 0 Å². The molecule has 3 nitrogen and oxygen atoms in total. The highest BCUT2D eigenvalue weighted by atomic mass is 32.2. The quantitative estimate of drug-likeness (QED) is 0.806. The number of para-hydroxylation sites is 1. The first kappa shape index (κ1) is 12.2. The summed E-state index contributed by atoms with van der Waals surface area (Å²) < 4.78 is 18.2. The van der Waals surface area contributed by atoms with Gasteiger partial charge in [0, 0.05) is 40.9 Å². The van der Waals surface area contributed by atoms with E-state index in [0.29, 0.717) is 0 Å². The van der Waals surface area contributed by atoms with Crippen molar-refractivity contribution < 1.29 is 4.21 Å². The Balaban J connectivity index is 2.83. The second-order valence-electron chi connectivity index (χ2n) is 4.56. The number of fused-ring (bicyclic) bond motifs is 1. The minimum absolute atomic E-state index is 0.819. The maximum absolute atomic E-state index is 11.8. The van der Waals surface area contributed by atoms with Crippen LogP contribution in [0.5, 0.6) is 0 Å². The summed E-state index contributed by atoms with van der Waals surface area (Å²) in [6.07, 6.45) is 6.44. The summed E-state index contributed by atoms with van der Waals surface area (Å²) in [5, 5.41) is 1.21. The van der Waals surface area contributed by atoms with Crippen LogP contribution in [-0.4, -0.2) is 21.3 Å². The molecule has 0 aliphatic rings. The number of aromatic nitrogens is 1. The van der Waals surface area contributed by atoms with Gasteiger partial charge in [-0.2, -0.15) is 4.36 Å². The van der Waals surface area contributed by atoms with E-state index in [4.69, 9.17) is 0 Å². The highest BCUT2D eigenvalue weighted by Gasteiger charge is 2.09. The molecular weight excluding hydrogens is 232 g/mol. The Bertz CT molecular complexity index is 668. The molecule has 1 aromatic heterocycles. The molecule has 4 heteroatoms. The van der Waals surface area contributed by atoms with Crippen molar-refractivity contribution in [3.63, 3.8) is 0 Å². The lowest BCUT2D eigenvalue weighted by atomic mass is 10.1. The Kier molecular flexibility index (Phi) is 3.00. The molecular formula is C13H18N2OS. The number of aryl methyl sites for hydroxylation is 2. The van der Waals surface area contributed by atoms with Gasteiger partial charge in [0.05, 0.1) is 11.2 Å². The molecule has 0 fully saturated rings. The molecule has 2 rings (SSSR count). The average Bonchev–Trinajstić information content (AvgIpc) is 2.54. The van der Waals surface area contributed by atoms with Crippen molar-refractivity contribution in [3.8, 4) is 0 Å². The molecule has 0 N–H and O–H groups in total. The van der Waals surface area contributed by atoms with Crippen LogP contribution in [0.25, 0.3) is 10.9 Å². The molecule has 0 saturated heterocycles. The van der Waals surface area contributed by atoms with Crippen LogP contribution < -0.4 is 0 Å². The van der Waals surface area contributed by atoms with E-state index < -0.39 is 9.73 Å². The summed E-state index contributed by atoms with van der Waals surface area (Å²) in [7, 11) is -0.114. The summed E-state index contributed by atoms with van der Waals surface area (Å²) in [5.74, 6) is 0. The fourth-order valence-corrected chi connectivity index (χ4v) is 2.74. The molecule has 1 aromatic carbocycles. The van der Waals surface area contributed by atoms with Crippen molar-refractivity contribution in [2.75, 3.05) is 12.5 Å². The minimum atomic E-state index is -2.12. The van der Waals surface area contributed by atoms with E-state index in [-0.39, 0.29) is 0 Å². The van der Waals surface area contributed by atoms with Gasteiger partial charge in [0.1, 0.15) is 0 Å². The first-order chi connectivity index (χ1) is 7.92. The second kappa shape index (κ2) is 4.18. The predicted molar refractivity (Wildman–Crippen MR) is 74.4 cm³/mol. The van der Waals surface area contributed by atoms with Gasteiger partial charge in [-0.05, 0) is 18.1 Å². The first-order valence-corrected chi connectivity index (χ1v) is 7.99. The number of benzene rings is 1. The van der Waals surface area contributed by atoms with Crippen LogP contribution in [0.1, 0.15) is 12.5 Å². The summed E-state index contributed by atoms with van der Waals surface area (Å²) in [5.41, 5.74) is 3.19. The van der Waals surface area contributed by atoms with Crippen LogP contribution in [0.3, 0.4) is 0 Å². The van der Waals surface area contributed by atoms with Gasteiger partial charge in [-0.3, -0.25) is 0 Å². The van der Waals surface area contributed by atoms with Crippen molar-refractivity contribution >= 4 is 26.3 Å². The topological polar surface area (TPSA) is 34.4 Å². The molecule has 1 heterocycles. The van der Waals surface area contributed by atoms with Gasteiger partial charge < -0.3 is 4.57 Å². The number of rotatable bonds is 2. The third-order valence-corrected chi connectivity index (χ3v) is 3.40.